The maximum atomic E-state index is 10.8. The van der Waals surface area contributed by atoms with E-state index in [1.54, 1.807) is 0 Å². The normalized spacial score (nSPS) is 23.6. The molecule has 1 radical (unpaired) electrons. The van der Waals surface area contributed by atoms with E-state index in [9.17, 15) is 10.1 Å². The maximum Gasteiger partial charge on any atom is 0.293 e. The first-order valence-electron chi connectivity index (χ1n) is 5.75. The number of hydrogen-bond acceptors (Lipinski definition) is 2. The summed E-state index contributed by atoms with van der Waals surface area (Å²) >= 11 is 0. The molecule has 0 amide bonds. The summed E-state index contributed by atoms with van der Waals surface area (Å²) in [7, 11) is 0. The van der Waals surface area contributed by atoms with E-state index in [-0.39, 0.29) is 10.8 Å². The van der Waals surface area contributed by atoms with E-state index in [4.69, 9.17) is 0 Å². The molecule has 0 N–H and O–H groups in total. The Kier molecular flexibility index (Phi) is 4.91. The van der Waals surface area contributed by atoms with Gasteiger partial charge in [-0.15, -0.1) is 0 Å². The average molecular weight is 198 g/mol. The Labute approximate surface area is 86.0 Å². The van der Waals surface area contributed by atoms with Gasteiger partial charge >= 0.3 is 0 Å². The second-order valence-electron chi connectivity index (χ2n) is 4.19. The van der Waals surface area contributed by atoms with Gasteiger partial charge in [-0.1, -0.05) is 32.6 Å². The molecule has 81 valence electrons. The van der Waals surface area contributed by atoms with Crippen LogP contribution in [-0.2, 0) is 0 Å². The Bertz CT molecular complexity index is 182. The molecule has 0 saturated heterocycles. The lowest BCUT2D eigenvalue weighted by molar-refractivity contribution is -0.479. The van der Waals surface area contributed by atoms with E-state index in [1.165, 1.54) is 19.3 Å². The Morgan fingerprint density at radius 3 is 2.86 bits per heavy atom. The fourth-order valence-electron chi connectivity index (χ4n) is 2.26. The van der Waals surface area contributed by atoms with Crippen LogP contribution in [0.15, 0.2) is 0 Å². The molecule has 1 rings (SSSR count). The number of unbranched alkanes of at least 4 members (excludes halogenated alkanes) is 2. The number of hydrogen-bond donors (Lipinski definition) is 0. The van der Waals surface area contributed by atoms with Gasteiger partial charge in [0.05, 0.1) is 0 Å². The Balaban J connectivity index is 2.34. The van der Waals surface area contributed by atoms with Crippen LogP contribution in [0.4, 0.5) is 0 Å². The fourth-order valence-corrected chi connectivity index (χ4v) is 2.26. The first kappa shape index (κ1) is 11.5. The van der Waals surface area contributed by atoms with E-state index in [0.717, 1.165) is 32.1 Å². The number of rotatable bonds is 5. The minimum Gasteiger partial charge on any atom is -0.264 e. The van der Waals surface area contributed by atoms with Crippen molar-refractivity contribution < 1.29 is 4.92 Å². The van der Waals surface area contributed by atoms with Crippen molar-refractivity contribution in [1.29, 1.82) is 0 Å². The summed E-state index contributed by atoms with van der Waals surface area (Å²) in [5.41, 5.74) is 0. The SMILES string of the molecule is CCCCCC1CCCC[C]1[N+](=O)[O-]. The van der Waals surface area contributed by atoms with Crippen LogP contribution in [0, 0.1) is 22.1 Å². The molecule has 0 aliphatic heterocycles. The molecule has 0 heterocycles. The summed E-state index contributed by atoms with van der Waals surface area (Å²) in [6.07, 6.45) is 8.54. The monoisotopic (exact) mass is 198 g/mol. The van der Waals surface area contributed by atoms with Crippen LogP contribution in [-0.4, -0.2) is 4.92 Å². The summed E-state index contributed by atoms with van der Waals surface area (Å²) in [5.74, 6) is 0.283. The highest BCUT2D eigenvalue weighted by molar-refractivity contribution is 4.89. The molecule has 0 aromatic carbocycles. The van der Waals surface area contributed by atoms with Crippen molar-refractivity contribution in [2.75, 3.05) is 0 Å². The second-order valence-corrected chi connectivity index (χ2v) is 4.19. The van der Waals surface area contributed by atoms with Crippen molar-refractivity contribution in [3.8, 4) is 0 Å². The largest absolute Gasteiger partial charge is 0.293 e. The van der Waals surface area contributed by atoms with Gasteiger partial charge in [0.1, 0.15) is 0 Å². The lowest BCUT2D eigenvalue weighted by atomic mass is 9.82. The zero-order valence-corrected chi connectivity index (χ0v) is 9.00. The molecule has 0 aromatic heterocycles. The first-order chi connectivity index (χ1) is 6.75. The molecule has 0 aromatic rings. The molecule has 3 nitrogen and oxygen atoms in total. The predicted molar refractivity (Wildman–Crippen MR) is 56.3 cm³/mol. The third-order valence-corrected chi connectivity index (χ3v) is 3.10. The molecule has 0 spiro atoms. The van der Waals surface area contributed by atoms with Gasteiger partial charge < -0.3 is 0 Å². The lowest BCUT2D eigenvalue weighted by Crippen LogP contribution is -2.24. The lowest BCUT2D eigenvalue weighted by Gasteiger charge is -2.23. The highest BCUT2D eigenvalue weighted by Gasteiger charge is 2.35. The summed E-state index contributed by atoms with van der Waals surface area (Å²) in [5, 5.41) is 10.8. The minimum absolute atomic E-state index is 0.129. The van der Waals surface area contributed by atoms with E-state index in [2.05, 4.69) is 6.92 Å². The van der Waals surface area contributed by atoms with Gasteiger partial charge in [-0.25, -0.2) is 0 Å². The van der Waals surface area contributed by atoms with E-state index < -0.39 is 0 Å². The predicted octanol–water partition coefficient (Wildman–Crippen LogP) is 3.57. The van der Waals surface area contributed by atoms with Gasteiger partial charge in [-0.2, -0.15) is 0 Å². The van der Waals surface area contributed by atoms with E-state index in [1.807, 2.05) is 0 Å². The van der Waals surface area contributed by atoms with Crippen molar-refractivity contribution in [3.05, 3.63) is 16.2 Å². The Hall–Kier alpha value is -0.600. The molecule has 1 saturated carbocycles. The molecule has 1 aliphatic rings. The smallest absolute Gasteiger partial charge is 0.264 e. The number of nitrogens with zero attached hydrogens (tertiary/aromatic N) is 1. The van der Waals surface area contributed by atoms with Gasteiger partial charge in [0.25, 0.3) is 6.04 Å². The van der Waals surface area contributed by atoms with Gasteiger partial charge in [0, 0.05) is 17.3 Å². The fraction of sp³-hybridized carbons (Fsp3) is 0.909. The quantitative estimate of drug-likeness (QED) is 0.385. The summed E-state index contributed by atoms with van der Waals surface area (Å²) < 4.78 is 0. The van der Waals surface area contributed by atoms with E-state index in [0.29, 0.717) is 6.04 Å². The van der Waals surface area contributed by atoms with Crippen LogP contribution in [0.2, 0.25) is 0 Å². The molecular weight excluding hydrogens is 178 g/mol. The zero-order valence-electron chi connectivity index (χ0n) is 9.00. The van der Waals surface area contributed by atoms with Gasteiger partial charge in [0.2, 0.25) is 0 Å². The topological polar surface area (TPSA) is 43.1 Å². The van der Waals surface area contributed by atoms with Crippen LogP contribution in [0.25, 0.3) is 0 Å². The standard InChI is InChI=1S/C11H20NO2/c1-2-3-4-7-10-8-5-6-9-11(10)12(13)14/h10H,2-9H2,1H3. The molecule has 1 unspecified atom stereocenters. The highest BCUT2D eigenvalue weighted by atomic mass is 16.6. The Morgan fingerprint density at radius 2 is 2.21 bits per heavy atom. The Morgan fingerprint density at radius 1 is 1.43 bits per heavy atom. The second kappa shape index (κ2) is 5.99. The van der Waals surface area contributed by atoms with Crippen LogP contribution in [0.5, 0.6) is 0 Å². The molecule has 1 atom stereocenters. The molecule has 1 aliphatic carbocycles. The molecule has 14 heavy (non-hydrogen) atoms. The maximum absolute atomic E-state index is 10.8. The van der Waals surface area contributed by atoms with Crippen molar-refractivity contribution in [3.63, 3.8) is 0 Å². The van der Waals surface area contributed by atoms with Crippen LogP contribution >= 0.6 is 0 Å². The summed E-state index contributed by atoms with van der Waals surface area (Å²) in [4.78, 5) is 10.6. The highest BCUT2D eigenvalue weighted by Crippen LogP contribution is 2.35. The minimum atomic E-state index is -0.129. The van der Waals surface area contributed by atoms with Crippen molar-refractivity contribution in [2.24, 2.45) is 5.92 Å². The van der Waals surface area contributed by atoms with Crippen LogP contribution < -0.4 is 0 Å². The third kappa shape index (κ3) is 3.28. The molecule has 1 fully saturated rings. The van der Waals surface area contributed by atoms with Crippen LogP contribution in [0.1, 0.15) is 58.3 Å². The summed E-state index contributed by atoms with van der Waals surface area (Å²) in [6.45, 7) is 2.17. The molecule has 0 bridgehead atoms. The zero-order chi connectivity index (χ0) is 10.4. The summed E-state index contributed by atoms with van der Waals surface area (Å²) in [6, 6.07) is 0.604. The van der Waals surface area contributed by atoms with Gasteiger partial charge in [0.15, 0.2) is 0 Å². The van der Waals surface area contributed by atoms with E-state index >= 15 is 0 Å². The average Bonchev–Trinajstić information content (AvgIpc) is 2.19. The van der Waals surface area contributed by atoms with Gasteiger partial charge in [-0.3, -0.25) is 10.1 Å². The number of nitro groups is 1. The van der Waals surface area contributed by atoms with Crippen LogP contribution in [0.3, 0.4) is 0 Å². The molecule has 3 heteroatoms. The van der Waals surface area contributed by atoms with Crippen molar-refractivity contribution in [1.82, 2.24) is 0 Å². The molecular formula is C11H20NO2. The van der Waals surface area contributed by atoms with Crippen molar-refractivity contribution in [2.45, 2.75) is 58.3 Å². The van der Waals surface area contributed by atoms with Crippen molar-refractivity contribution >= 4 is 0 Å². The van der Waals surface area contributed by atoms with Gasteiger partial charge in [-0.05, 0) is 19.3 Å². The third-order valence-electron chi connectivity index (χ3n) is 3.10. The first-order valence-corrected chi connectivity index (χ1v) is 5.75.